The summed E-state index contributed by atoms with van der Waals surface area (Å²) in [7, 11) is 0. The van der Waals surface area contributed by atoms with Gasteiger partial charge in [0.2, 0.25) is 0 Å². The van der Waals surface area contributed by atoms with Crippen molar-refractivity contribution in [1.29, 1.82) is 0 Å². The summed E-state index contributed by atoms with van der Waals surface area (Å²) >= 11 is 3.51. The zero-order valence-electron chi connectivity index (χ0n) is 12.4. The number of amides is 1. The van der Waals surface area contributed by atoms with E-state index >= 15 is 0 Å². The number of carbonyl (C=O) groups excluding carboxylic acids is 1. The molecular weight excluding hydrogens is 330 g/mol. The number of aryl methyl sites for hydroxylation is 1. The summed E-state index contributed by atoms with van der Waals surface area (Å²) in [5, 5.41) is 3.41. The van der Waals surface area contributed by atoms with Crippen LogP contribution >= 0.6 is 15.9 Å². The zero-order valence-corrected chi connectivity index (χ0v) is 14.0. The van der Waals surface area contributed by atoms with E-state index in [1.165, 1.54) is 6.42 Å². The van der Waals surface area contributed by atoms with Gasteiger partial charge in [-0.15, -0.1) is 0 Å². The zero-order chi connectivity index (χ0) is 14.8. The predicted molar refractivity (Wildman–Crippen MR) is 87.6 cm³/mol. The van der Waals surface area contributed by atoms with Crippen LogP contribution in [0, 0.1) is 6.92 Å². The third-order valence-electron chi connectivity index (χ3n) is 4.57. The van der Waals surface area contributed by atoms with E-state index in [0.29, 0.717) is 6.04 Å². The largest absolute Gasteiger partial charge is 0.336 e. The molecule has 1 aromatic carbocycles. The van der Waals surface area contributed by atoms with Crippen LogP contribution in [0.15, 0.2) is 22.7 Å². The summed E-state index contributed by atoms with van der Waals surface area (Å²) in [6, 6.07) is 6.52. The minimum absolute atomic E-state index is 0.153. The molecule has 1 atom stereocenters. The molecule has 2 fully saturated rings. The fraction of sp³-hybridized carbons (Fsp3) is 0.562. The minimum atomic E-state index is 0.153. The van der Waals surface area contributed by atoms with Crippen molar-refractivity contribution in [2.45, 2.75) is 19.4 Å². The Morgan fingerprint density at radius 2 is 2.05 bits per heavy atom. The maximum absolute atomic E-state index is 12.6. The maximum atomic E-state index is 12.6. The Hall–Kier alpha value is -0.910. The van der Waals surface area contributed by atoms with Crippen molar-refractivity contribution in [1.82, 2.24) is 15.1 Å². The van der Waals surface area contributed by atoms with Crippen LogP contribution in [-0.2, 0) is 0 Å². The lowest BCUT2D eigenvalue weighted by atomic mass is 10.1. The van der Waals surface area contributed by atoms with E-state index in [1.807, 2.05) is 30.0 Å². The summed E-state index contributed by atoms with van der Waals surface area (Å²) in [4.78, 5) is 17.1. The second-order valence-electron chi connectivity index (χ2n) is 5.94. The van der Waals surface area contributed by atoms with Crippen molar-refractivity contribution in [3.63, 3.8) is 0 Å². The average molecular weight is 352 g/mol. The number of carbonyl (C=O) groups is 1. The first kappa shape index (κ1) is 15.0. The highest BCUT2D eigenvalue weighted by Crippen LogP contribution is 2.20. The normalized spacial score (nSPS) is 23.5. The lowest BCUT2D eigenvalue weighted by Crippen LogP contribution is -2.52. The van der Waals surface area contributed by atoms with Crippen LogP contribution in [0.2, 0.25) is 0 Å². The Balaban J connectivity index is 1.60. The van der Waals surface area contributed by atoms with Crippen molar-refractivity contribution in [3.8, 4) is 0 Å². The third kappa shape index (κ3) is 3.30. The van der Waals surface area contributed by atoms with E-state index in [1.54, 1.807) is 0 Å². The van der Waals surface area contributed by atoms with E-state index < -0.39 is 0 Å². The van der Waals surface area contributed by atoms with Crippen LogP contribution in [0.25, 0.3) is 0 Å². The lowest BCUT2D eigenvalue weighted by Gasteiger charge is -2.37. The standard InChI is InChI=1S/C16H22BrN3O/c1-12-2-3-13(10-15(12)17)16(21)20-8-6-19(7-9-20)14-4-5-18-11-14/h2-3,10,14,18H,4-9,11H2,1H3. The topological polar surface area (TPSA) is 35.6 Å². The lowest BCUT2D eigenvalue weighted by molar-refractivity contribution is 0.0584. The number of piperazine rings is 1. The van der Waals surface area contributed by atoms with E-state index in [0.717, 1.165) is 54.9 Å². The molecule has 1 unspecified atom stereocenters. The SMILES string of the molecule is Cc1ccc(C(=O)N2CCN(C3CCNC3)CC2)cc1Br. The van der Waals surface area contributed by atoms with Gasteiger partial charge in [0.15, 0.2) is 0 Å². The van der Waals surface area contributed by atoms with Gasteiger partial charge in [0.25, 0.3) is 5.91 Å². The molecular formula is C16H22BrN3O. The molecule has 1 amide bonds. The second kappa shape index (κ2) is 6.46. The monoisotopic (exact) mass is 351 g/mol. The molecule has 0 aromatic heterocycles. The molecule has 3 rings (SSSR count). The van der Waals surface area contributed by atoms with Gasteiger partial charge in [0.1, 0.15) is 0 Å². The number of nitrogens with zero attached hydrogens (tertiary/aromatic N) is 2. The molecule has 21 heavy (non-hydrogen) atoms. The Morgan fingerprint density at radius 3 is 2.67 bits per heavy atom. The van der Waals surface area contributed by atoms with Crippen molar-refractivity contribution in [2.75, 3.05) is 39.3 Å². The fourth-order valence-electron chi connectivity index (χ4n) is 3.15. The molecule has 5 heteroatoms. The van der Waals surface area contributed by atoms with Gasteiger partial charge in [-0.2, -0.15) is 0 Å². The summed E-state index contributed by atoms with van der Waals surface area (Å²) in [5.41, 5.74) is 1.94. The Bertz CT molecular complexity index is 520. The molecule has 0 spiro atoms. The molecule has 0 saturated carbocycles. The van der Waals surface area contributed by atoms with Gasteiger partial charge < -0.3 is 10.2 Å². The molecule has 2 heterocycles. The first-order chi connectivity index (χ1) is 10.1. The van der Waals surface area contributed by atoms with Crippen LogP contribution in [-0.4, -0.2) is 61.0 Å². The predicted octanol–water partition coefficient (Wildman–Crippen LogP) is 1.88. The fourth-order valence-corrected chi connectivity index (χ4v) is 3.53. The molecule has 114 valence electrons. The van der Waals surface area contributed by atoms with Crippen LogP contribution < -0.4 is 5.32 Å². The van der Waals surface area contributed by atoms with E-state index in [4.69, 9.17) is 0 Å². The first-order valence-electron chi connectivity index (χ1n) is 7.65. The smallest absolute Gasteiger partial charge is 0.253 e. The van der Waals surface area contributed by atoms with Crippen LogP contribution in [0.3, 0.4) is 0 Å². The van der Waals surface area contributed by atoms with Gasteiger partial charge in [0.05, 0.1) is 0 Å². The van der Waals surface area contributed by atoms with Gasteiger partial charge in [-0.3, -0.25) is 9.69 Å². The van der Waals surface area contributed by atoms with Gasteiger partial charge in [-0.1, -0.05) is 22.0 Å². The molecule has 2 saturated heterocycles. The molecule has 4 nitrogen and oxygen atoms in total. The van der Waals surface area contributed by atoms with Gasteiger partial charge in [-0.25, -0.2) is 0 Å². The summed E-state index contributed by atoms with van der Waals surface area (Å²) in [6.45, 7) is 7.91. The number of hydrogen-bond donors (Lipinski definition) is 1. The Labute approximate surface area is 134 Å². The molecule has 2 aliphatic heterocycles. The summed E-state index contributed by atoms with van der Waals surface area (Å²) in [6.07, 6.45) is 1.23. The van der Waals surface area contributed by atoms with Crippen molar-refractivity contribution in [3.05, 3.63) is 33.8 Å². The van der Waals surface area contributed by atoms with Crippen LogP contribution in [0.5, 0.6) is 0 Å². The van der Waals surface area contributed by atoms with Crippen molar-refractivity contribution in [2.24, 2.45) is 0 Å². The maximum Gasteiger partial charge on any atom is 0.253 e. The number of nitrogens with one attached hydrogen (secondary N) is 1. The number of rotatable bonds is 2. The van der Waals surface area contributed by atoms with E-state index in [9.17, 15) is 4.79 Å². The second-order valence-corrected chi connectivity index (χ2v) is 6.79. The molecule has 0 bridgehead atoms. The van der Waals surface area contributed by atoms with Gasteiger partial charge >= 0.3 is 0 Å². The quantitative estimate of drug-likeness (QED) is 0.883. The minimum Gasteiger partial charge on any atom is -0.336 e. The van der Waals surface area contributed by atoms with Gasteiger partial charge in [-0.05, 0) is 37.6 Å². The molecule has 1 aromatic rings. The van der Waals surface area contributed by atoms with Crippen molar-refractivity contribution < 1.29 is 4.79 Å². The number of halogens is 1. The van der Waals surface area contributed by atoms with Crippen LogP contribution in [0.4, 0.5) is 0 Å². The number of hydrogen-bond acceptors (Lipinski definition) is 3. The Kier molecular flexibility index (Phi) is 4.62. The molecule has 0 aliphatic carbocycles. The molecule has 0 radical (unpaired) electrons. The molecule has 2 aliphatic rings. The number of benzene rings is 1. The Morgan fingerprint density at radius 1 is 1.29 bits per heavy atom. The first-order valence-corrected chi connectivity index (χ1v) is 8.44. The highest BCUT2D eigenvalue weighted by atomic mass is 79.9. The highest BCUT2D eigenvalue weighted by Gasteiger charge is 2.28. The van der Waals surface area contributed by atoms with E-state index in [-0.39, 0.29) is 5.91 Å². The van der Waals surface area contributed by atoms with E-state index in [2.05, 4.69) is 26.1 Å². The highest BCUT2D eigenvalue weighted by molar-refractivity contribution is 9.10. The molecule has 1 N–H and O–H groups in total. The summed E-state index contributed by atoms with van der Waals surface area (Å²) < 4.78 is 1.00. The average Bonchev–Trinajstić information content (AvgIpc) is 3.04. The third-order valence-corrected chi connectivity index (χ3v) is 5.43. The van der Waals surface area contributed by atoms with Gasteiger partial charge in [0, 0.05) is 48.8 Å². The summed E-state index contributed by atoms with van der Waals surface area (Å²) in [5.74, 6) is 0.153. The van der Waals surface area contributed by atoms with Crippen molar-refractivity contribution >= 4 is 21.8 Å². The van der Waals surface area contributed by atoms with Crippen LogP contribution in [0.1, 0.15) is 22.3 Å².